The fraction of sp³-hybridized carbons (Fsp3) is 0.357. The molecule has 1 amide bonds. The van der Waals surface area contributed by atoms with Crippen LogP contribution in [0.1, 0.15) is 31.1 Å². The number of nitrogens with zero attached hydrogens (tertiary/aromatic N) is 1. The van der Waals surface area contributed by atoms with Gasteiger partial charge in [0.2, 0.25) is 0 Å². The van der Waals surface area contributed by atoms with E-state index in [-0.39, 0.29) is 11.4 Å². The summed E-state index contributed by atoms with van der Waals surface area (Å²) in [5.41, 5.74) is 6.71. The highest BCUT2D eigenvalue weighted by Crippen LogP contribution is 2.23. The number of amides is 1. The molecule has 1 rings (SSSR count). The predicted molar refractivity (Wildman–Crippen MR) is 79.5 cm³/mol. The summed E-state index contributed by atoms with van der Waals surface area (Å²) >= 11 is 3.34. The van der Waals surface area contributed by atoms with Gasteiger partial charge >= 0.3 is 0 Å². The molecule has 0 aliphatic carbocycles. The number of nitrogens with two attached hydrogens (primary N) is 1. The molecule has 0 saturated carbocycles. The van der Waals surface area contributed by atoms with E-state index in [4.69, 9.17) is 5.73 Å². The van der Waals surface area contributed by atoms with Gasteiger partial charge in [-0.3, -0.25) is 4.79 Å². The van der Waals surface area contributed by atoms with E-state index in [0.717, 1.165) is 4.47 Å². The summed E-state index contributed by atoms with van der Waals surface area (Å²) in [6.07, 6.45) is 1.73. The van der Waals surface area contributed by atoms with Crippen molar-refractivity contribution in [1.82, 2.24) is 4.90 Å². The third kappa shape index (κ3) is 3.35. The zero-order valence-electron chi connectivity index (χ0n) is 11.0. The molecule has 0 heterocycles. The fourth-order valence-electron chi connectivity index (χ4n) is 1.61. The Labute approximate surface area is 117 Å². The van der Waals surface area contributed by atoms with E-state index < -0.39 is 0 Å². The summed E-state index contributed by atoms with van der Waals surface area (Å²) in [4.78, 5) is 14.2. The molecule has 0 aliphatic rings. The first-order valence-electron chi connectivity index (χ1n) is 5.75. The smallest absolute Gasteiger partial charge is 0.254 e. The topological polar surface area (TPSA) is 46.3 Å². The average Bonchev–Trinajstić information content (AvgIpc) is 2.27. The van der Waals surface area contributed by atoms with E-state index in [1.807, 2.05) is 20.8 Å². The lowest BCUT2D eigenvalue weighted by molar-refractivity contribution is 0.0616. The van der Waals surface area contributed by atoms with E-state index in [0.29, 0.717) is 17.8 Å². The van der Waals surface area contributed by atoms with Crippen LogP contribution >= 0.6 is 15.9 Å². The van der Waals surface area contributed by atoms with Gasteiger partial charge < -0.3 is 10.6 Å². The number of carbonyl (C=O) groups is 1. The maximum atomic E-state index is 12.5. The van der Waals surface area contributed by atoms with Crippen LogP contribution in [0.15, 0.2) is 35.3 Å². The molecule has 2 N–H and O–H groups in total. The summed E-state index contributed by atoms with van der Waals surface area (Å²) in [6, 6.07) is 5.22. The van der Waals surface area contributed by atoms with E-state index in [1.165, 1.54) is 0 Å². The molecule has 0 aromatic heterocycles. The lowest BCUT2D eigenvalue weighted by atomic mass is 10.0. The minimum Gasteiger partial charge on any atom is -0.398 e. The molecule has 0 fully saturated rings. The van der Waals surface area contributed by atoms with Crippen LogP contribution in [-0.2, 0) is 0 Å². The molecular formula is C14H19BrN2O. The minimum absolute atomic E-state index is 0.0249. The first-order valence-corrected chi connectivity index (χ1v) is 6.54. The van der Waals surface area contributed by atoms with E-state index >= 15 is 0 Å². The van der Waals surface area contributed by atoms with Gasteiger partial charge in [0.25, 0.3) is 5.91 Å². The molecule has 0 aliphatic heterocycles. The Morgan fingerprint density at radius 3 is 2.56 bits per heavy atom. The van der Waals surface area contributed by atoms with Gasteiger partial charge in [0, 0.05) is 27.8 Å². The second-order valence-corrected chi connectivity index (χ2v) is 5.97. The van der Waals surface area contributed by atoms with E-state index in [1.54, 1.807) is 29.2 Å². The molecule has 1 aromatic carbocycles. The molecular weight excluding hydrogens is 292 g/mol. The van der Waals surface area contributed by atoms with Crippen molar-refractivity contribution < 1.29 is 4.79 Å². The number of halogens is 1. The first-order chi connectivity index (χ1) is 8.27. The van der Waals surface area contributed by atoms with E-state index in [2.05, 4.69) is 22.5 Å². The van der Waals surface area contributed by atoms with Crippen molar-refractivity contribution in [2.24, 2.45) is 0 Å². The Morgan fingerprint density at radius 1 is 1.50 bits per heavy atom. The Balaban J connectivity index is 3.09. The van der Waals surface area contributed by atoms with Crippen LogP contribution in [0.2, 0.25) is 0 Å². The SMILES string of the molecule is C=CCN(C(=O)c1ccc(N)c(Br)c1)C(C)(C)C. The first kappa shape index (κ1) is 14.8. The molecule has 18 heavy (non-hydrogen) atoms. The van der Waals surface area contributed by atoms with Crippen molar-refractivity contribution in [3.05, 3.63) is 40.9 Å². The zero-order chi connectivity index (χ0) is 13.9. The number of nitrogen functional groups attached to an aromatic ring is 1. The summed E-state index contributed by atoms with van der Waals surface area (Å²) in [5, 5.41) is 0. The van der Waals surface area contributed by atoms with Crippen molar-refractivity contribution in [3.8, 4) is 0 Å². The number of anilines is 1. The molecule has 98 valence electrons. The summed E-state index contributed by atoms with van der Waals surface area (Å²) in [6.45, 7) is 10.2. The van der Waals surface area contributed by atoms with Crippen LogP contribution < -0.4 is 5.73 Å². The zero-order valence-corrected chi connectivity index (χ0v) is 12.6. The molecule has 3 nitrogen and oxygen atoms in total. The maximum absolute atomic E-state index is 12.5. The van der Waals surface area contributed by atoms with Crippen molar-refractivity contribution in [3.63, 3.8) is 0 Å². The molecule has 0 saturated heterocycles. The number of carbonyl (C=O) groups excluding carboxylic acids is 1. The van der Waals surface area contributed by atoms with Crippen LogP contribution in [-0.4, -0.2) is 22.9 Å². The normalized spacial score (nSPS) is 11.1. The second kappa shape index (κ2) is 5.57. The standard InChI is InChI=1S/C14H19BrN2O/c1-5-8-17(14(2,3)4)13(18)10-6-7-12(16)11(15)9-10/h5-7,9H,1,8,16H2,2-4H3. The average molecular weight is 311 g/mol. The maximum Gasteiger partial charge on any atom is 0.254 e. The van der Waals surface area contributed by atoms with Gasteiger partial charge in [-0.15, -0.1) is 6.58 Å². The van der Waals surface area contributed by atoms with Crippen molar-refractivity contribution in [2.45, 2.75) is 26.3 Å². The monoisotopic (exact) mass is 310 g/mol. The highest BCUT2D eigenvalue weighted by Gasteiger charge is 2.26. The second-order valence-electron chi connectivity index (χ2n) is 5.11. The largest absolute Gasteiger partial charge is 0.398 e. The van der Waals surface area contributed by atoms with Crippen molar-refractivity contribution >= 4 is 27.5 Å². The number of hydrogen-bond acceptors (Lipinski definition) is 2. The Bertz CT molecular complexity index is 463. The number of benzene rings is 1. The minimum atomic E-state index is -0.251. The Morgan fingerprint density at radius 2 is 2.11 bits per heavy atom. The van der Waals surface area contributed by atoms with Gasteiger partial charge in [-0.1, -0.05) is 6.08 Å². The van der Waals surface area contributed by atoms with Crippen molar-refractivity contribution in [1.29, 1.82) is 0 Å². The van der Waals surface area contributed by atoms with Crippen LogP contribution in [0.4, 0.5) is 5.69 Å². The molecule has 0 bridgehead atoms. The molecule has 0 atom stereocenters. The van der Waals surface area contributed by atoms with Gasteiger partial charge in [0.15, 0.2) is 0 Å². The predicted octanol–water partition coefficient (Wildman–Crippen LogP) is 3.46. The molecule has 0 radical (unpaired) electrons. The fourth-order valence-corrected chi connectivity index (χ4v) is 1.99. The summed E-state index contributed by atoms with van der Waals surface area (Å²) < 4.78 is 0.737. The lowest BCUT2D eigenvalue weighted by Crippen LogP contribution is -2.45. The molecule has 0 unspecified atom stereocenters. The number of rotatable bonds is 3. The van der Waals surface area contributed by atoms with Crippen LogP contribution in [0, 0.1) is 0 Å². The highest BCUT2D eigenvalue weighted by atomic mass is 79.9. The molecule has 0 spiro atoms. The van der Waals surface area contributed by atoms with E-state index in [9.17, 15) is 4.79 Å². The van der Waals surface area contributed by atoms with Gasteiger partial charge in [0.1, 0.15) is 0 Å². The van der Waals surface area contributed by atoms with Crippen LogP contribution in [0.5, 0.6) is 0 Å². The van der Waals surface area contributed by atoms with Crippen LogP contribution in [0.3, 0.4) is 0 Å². The Hall–Kier alpha value is -1.29. The highest BCUT2D eigenvalue weighted by molar-refractivity contribution is 9.10. The molecule has 1 aromatic rings. The molecule has 4 heteroatoms. The van der Waals surface area contributed by atoms with Gasteiger partial charge in [-0.2, -0.15) is 0 Å². The number of hydrogen-bond donors (Lipinski definition) is 1. The Kier molecular flexibility index (Phi) is 4.57. The lowest BCUT2D eigenvalue weighted by Gasteiger charge is -2.35. The summed E-state index contributed by atoms with van der Waals surface area (Å²) in [7, 11) is 0. The van der Waals surface area contributed by atoms with Gasteiger partial charge in [-0.25, -0.2) is 0 Å². The van der Waals surface area contributed by atoms with Gasteiger partial charge in [0.05, 0.1) is 0 Å². The third-order valence-corrected chi connectivity index (χ3v) is 3.30. The third-order valence-electron chi connectivity index (χ3n) is 2.61. The van der Waals surface area contributed by atoms with Crippen LogP contribution in [0.25, 0.3) is 0 Å². The van der Waals surface area contributed by atoms with Crippen molar-refractivity contribution in [2.75, 3.05) is 12.3 Å². The van der Waals surface area contributed by atoms with Gasteiger partial charge in [-0.05, 0) is 54.9 Å². The quantitative estimate of drug-likeness (QED) is 0.686. The summed E-state index contributed by atoms with van der Waals surface area (Å²) in [5.74, 6) is -0.0249.